The Labute approximate surface area is 229 Å². The minimum atomic E-state index is -0.740. The Morgan fingerprint density at radius 2 is 1.70 bits per heavy atom. The molecule has 198 valence electrons. The molecule has 1 N–H and O–H groups in total. The van der Waals surface area contributed by atoms with Gasteiger partial charge in [0.2, 0.25) is 0 Å². The first-order valence-electron chi connectivity index (χ1n) is 13.2. The number of anilines is 1. The fourth-order valence-electron chi connectivity index (χ4n) is 5.89. The maximum Gasteiger partial charge on any atom is 0.344 e. The second-order valence-corrected chi connectivity index (χ2v) is 11.8. The van der Waals surface area contributed by atoms with Crippen LogP contribution in [0.4, 0.5) is 5.69 Å². The van der Waals surface area contributed by atoms with Gasteiger partial charge >= 0.3 is 11.6 Å². The van der Waals surface area contributed by atoms with Crippen LogP contribution in [0.2, 0.25) is 0 Å². The quantitative estimate of drug-likeness (QED) is 0.269. The molecule has 3 aromatic rings. The summed E-state index contributed by atoms with van der Waals surface area (Å²) in [5.74, 6) is -0.740. The van der Waals surface area contributed by atoms with Crippen molar-refractivity contribution in [3.05, 3.63) is 58.2 Å². The number of carbonyl (C=O) groups is 1. The molecule has 0 saturated carbocycles. The number of carboxylic acid groups (broad SMARTS) is 1. The summed E-state index contributed by atoms with van der Waals surface area (Å²) in [6.45, 7) is 12.1. The predicted molar refractivity (Wildman–Crippen MR) is 142 cm³/mol. The molecular weight excluding hydrogens is 532 g/mol. The summed E-state index contributed by atoms with van der Waals surface area (Å²) in [4.78, 5) is 26.4. The molecule has 1 aromatic carbocycles. The number of aryl methyl sites for hydroxylation is 1. The van der Waals surface area contributed by atoms with Crippen LogP contribution in [0.3, 0.4) is 0 Å². The Bertz CT molecular complexity index is 1370. The van der Waals surface area contributed by atoms with Crippen molar-refractivity contribution in [3.8, 4) is 11.1 Å². The molecule has 4 heterocycles. The fraction of sp³-hybridized carbons (Fsp3) is 0.500. The van der Waals surface area contributed by atoms with Crippen LogP contribution in [0.25, 0.3) is 22.1 Å². The average Bonchev–Trinajstić information content (AvgIpc) is 2.82. The SMILES string of the molecule is CC1(C)CCN2CCC(C)(C)c3c2c1cc1cc(-c2cc[n+](CCCCCC(=O)O)cc2)c(=O)oc31.[Br-]. The van der Waals surface area contributed by atoms with E-state index in [2.05, 4.69) is 43.2 Å². The zero-order valence-electron chi connectivity index (χ0n) is 22.3. The molecule has 7 heteroatoms. The van der Waals surface area contributed by atoms with Gasteiger partial charge in [0.05, 0.1) is 5.56 Å². The molecule has 0 saturated heterocycles. The van der Waals surface area contributed by atoms with Crippen molar-refractivity contribution in [3.63, 3.8) is 0 Å². The molecule has 2 aliphatic rings. The zero-order valence-corrected chi connectivity index (χ0v) is 23.9. The van der Waals surface area contributed by atoms with Crippen LogP contribution >= 0.6 is 0 Å². The number of hydrogen-bond donors (Lipinski definition) is 1. The Kier molecular flexibility index (Phi) is 7.57. The van der Waals surface area contributed by atoms with E-state index in [9.17, 15) is 9.59 Å². The minimum Gasteiger partial charge on any atom is -1.00 e. The van der Waals surface area contributed by atoms with Gasteiger partial charge in [0.1, 0.15) is 12.1 Å². The van der Waals surface area contributed by atoms with Gasteiger partial charge < -0.3 is 31.4 Å². The summed E-state index contributed by atoms with van der Waals surface area (Å²) >= 11 is 0. The average molecular weight is 570 g/mol. The van der Waals surface area contributed by atoms with Crippen LogP contribution in [-0.4, -0.2) is 24.2 Å². The first-order chi connectivity index (χ1) is 17.1. The summed E-state index contributed by atoms with van der Waals surface area (Å²) in [5, 5.41) is 9.77. The normalized spacial score (nSPS) is 17.2. The summed E-state index contributed by atoms with van der Waals surface area (Å²) in [6.07, 6.45) is 8.84. The van der Waals surface area contributed by atoms with Crippen molar-refractivity contribution < 1.29 is 35.9 Å². The number of benzene rings is 1. The second kappa shape index (κ2) is 10.2. The van der Waals surface area contributed by atoms with Gasteiger partial charge in [-0.1, -0.05) is 27.7 Å². The topological polar surface area (TPSA) is 74.6 Å². The standard InChI is InChI=1S/C30H36N2O4.BrH/c1-29(2)11-16-32-17-12-30(3,4)25-26(32)23(29)19-21-18-22(28(35)36-27(21)25)20-9-14-31(15-10-20)13-7-5-6-8-24(33)34;/h9-10,14-15,18-19H,5-8,11-13,16-17H2,1-4H3;1H. The highest BCUT2D eigenvalue weighted by Gasteiger charge is 2.41. The van der Waals surface area contributed by atoms with Gasteiger partial charge in [0, 0.05) is 60.3 Å². The molecule has 6 nitrogen and oxygen atoms in total. The highest BCUT2D eigenvalue weighted by Crippen LogP contribution is 2.51. The van der Waals surface area contributed by atoms with Crippen LogP contribution in [0.5, 0.6) is 0 Å². The molecule has 0 fully saturated rings. The van der Waals surface area contributed by atoms with E-state index in [1.807, 2.05) is 30.6 Å². The van der Waals surface area contributed by atoms with Gasteiger partial charge in [-0.15, -0.1) is 0 Å². The minimum absolute atomic E-state index is 0. The number of nitrogens with zero attached hydrogens (tertiary/aromatic N) is 2. The fourth-order valence-corrected chi connectivity index (χ4v) is 5.89. The van der Waals surface area contributed by atoms with E-state index in [4.69, 9.17) is 9.52 Å². The lowest BCUT2D eigenvalue weighted by atomic mass is 9.69. The number of aromatic nitrogens is 1. The van der Waals surface area contributed by atoms with Crippen molar-refractivity contribution in [2.24, 2.45) is 0 Å². The number of pyridine rings is 1. The number of aliphatic carboxylic acids is 1. The molecular formula is C30H37BrN2O4. The van der Waals surface area contributed by atoms with Crippen molar-refractivity contribution in [2.45, 2.75) is 83.6 Å². The highest BCUT2D eigenvalue weighted by atomic mass is 79.9. The summed E-state index contributed by atoms with van der Waals surface area (Å²) in [6, 6.07) is 8.21. The van der Waals surface area contributed by atoms with Gasteiger partial charge in [-0.05, 0) is 54.2 Å². The maximum atomic E-state index is 13.3. The molecule has 0 atom stereocenters. The largest absolute Gasteiger partial charge is 1.00 e. The molecule has 0 amide bonds. The first-order valence-corrected chi connectivity index (χ1v) is 13.2. The molecule has 0 radical (unpaired) electrons. The van der Waals surface area contributed by atoms with E-state index in [0.717, 1.165) is 61.9 Å². The van der Waals surface area contributed by atoms with Crippen LogP contribution in [-0.2, 0) is 22.2 Å². The number of unbranched alkanes of at least 4 members (excludes halogenated alkanes) is 2. The van der Waals surface area contributed by atoms with Crippen LogP contribution < -0.4 is 32.1 Å². The lowest BCUT2D eigenvalue weighted by Crippen LogP contribution is -3.00. The van der Waals surface area contributed by atoms with Crippen LogP contribution in [0.1, 0.15) is 77.3 Å². The molecule has 0 spiro atoms. The van der Waals surface area contributed by atoms with E-state index in [1.54, 1.807) is 0 Å². The monoisotopic (exact) mass is 568 g/mol. The van der Waals surface area contributed by atoms with Crippen LogP contribution in [0.15, 0.2) is 45.9 Å². The summed E-state index contributed by atoms with van der Waals surface area (Å²) in [7, 11) is 0. The summed E-state index contributed by atoms with van der Waals surface area (Å²) in [5.41, 5.74) is 5.71. The second-order valence-electron chi connectivity index (χ2n) is 11.8. The van der Waals surface area contributed by atoms with Gasteiger partial charge in [0.15, 0.2) is 12.4 Å². The van der Waals surface area contributed by atoms with E-state index in [1.165, 1.54) is 16.8 Å². The lowest BCUT2D eigenvalue weighted by molar-refractivity contribution is -0.697. The van der Waals surface area contributed by atoms with Crippen molar-refractivity contribution in [1.82, 2.24) is 0 Å². The molecule has 0 unspecified atom stereocenters. The van der Waals surface area contributed by atoms with E-state index in [0.29, 0.717) is 12.0 Å². The maximum absolute atomic E-state index is 13.3. The number of hydrogen-bond acceptors (Lipinski definition) is 4. The van der Waals surface area contributed by atoms with E-state index < -0.39 is 5.97 Å². The van der Waals surface area contributed by atoms with Crippen LogP contribution in [0, 0.1) is 0 Å². The van der Waals surface area contributed by atoms with Gasteiger partial charge in [-0.25, -0.2) is 9.36 Å². The smallest absolute Gasteiger partial charge is 0.344 e. The Morgan fingerprint density at radius 3 is 2.38 bits per heavy atom. The van der Waals surface area contributed by atoms with Gasteiger partial charge in [0.25, 0.3) is 0 Å². The number of carboxylic acids is 1. The Balaban J connectivity index is 0.00000320. The molecule has 2 aromatic heterocycles. The zero-order chi connectivity index (χ0) is 25.7. The van der Waals surface area contributed by atoms with Gasteiger partial charge in [-0.2, -0.15) is 0 Å². The molecule has 5 rings (SSSR count). The molecule has 2 aliphatic heterocycles. The molecule has 0 aliphatic carbocycles. The third-order valence-corrected chi connectivity index (χ3v) is 8.24. The Hall–Kier alpha value is -2.67. The molecule has 37 heavy (non-hydrogen) atoms. The number of rotatable bonds is 7. The predicted octanol–water partition coefficient (Wildman–Crippen LogP) is 2.57. The lowest BCUT2D eigenvalue weighted by Gasteiger charge is -2.48. The van der Waals surface area contributed by atoms with E-state index in [-0.39, 0.29) is 39.9 Å². The third kappa shape index (κ3) is 5.20. The van der Waals surface area contributed by atoms with Crippen molar-refractivity contribution >= 4 is 22.6 Å². The van der Waals surface area contributed by atoms with Gasteiger partial charge in [-0.3, -0.25) is 4.79 Å². The molecule has 0 bridgehead atoms. The highest BCUT2D eigenvalue weighted by molar-refractivity contribution is 5.92. The number of halogens is 1. The van der Waals surface area contributed by atoms with Crippen molar-refractivity contribution in [1.29, 1.82) is 0 Å². The van der Waals surface area contributed by atoms with E-state index >= 15 is 0 Å². The third-order valence-electron chi connectivity index (χ3n) is 8.24. The Morgan fingerprint density at radius 1 is 1.03 bits per heavy atom. The summed E-state index contributed by atoms with van der Waals surface area (Å²) < 4.78 is 8.20. The first kappa shape index (κ1) is 27.4. The number of fused-ring (bicyclic) bond motifs is 2. The van der Waals surface area contributed by atoms with Crippen molar-refractivity contribution in [2.75, 3.05) is 18.0 Å².